The average Bonchev–Trinajstić information content (AvgIpc) is 2.70. The van der Waals surface area contributed by atoms with E-state index in [0.29, 0.717) is 17.9 Å². The molecule has 0 spiro atoms. The molecule has 26 heavy (non-hydrogen) atoms. The highest BCUT2D eigenvalue weighted by atomic mass is 19.2. The summed E-state index contributed by atoms with van der Waals surface area (Å²) in [6, 6.07) is 0. The van der Waals surface area contributed by atoms with Gasteiger partial charge in [0.2, 0.25) is 5.83 Å². The quantitative estimate of drug-likeness (QED) is 0.314. The standard InChI is InChI=1S/C21H28F2O.C2H6/c1-7-14(2)8-9-15(3)18-10-12-19(13-11-18)16(4)20(22)21(23)17(5)24-6;1-2/h9-10,12,14H,4-5,7-8,11,13H2,1-3,6H3;1-2H3/b15-9+,21-20-;. The van der Waals surface area contributed by atoms with Crippen LogP contribution < -0.4 is 0 Å². The number of hydrogen-bond donors (Lipinski definition) is 0. The molecule has 0 fully saturated rings. The van der Waals surface area contributed by atoms with Crippen LogP contribution in [0.4, 0.5) is 8.78 Å². The third-order valence-corrected chi connectivity index (χ3v) is 4.52. The maximum absolute atomic E-state index is 14.1. The van der Waals surface area contributed by atoms with Crippen LogP contribution in [-0.2, 0) is 4.74 Å². The molecule has 3 heteroatoms. The summed E-state index contributed by atoms with van der Waals surface area (Å²) in [5.74, 6) is -1.76. The first-order valence-electron chi connectivity index (χ1n) is 9.36. The molecule has 1 rings (SSSR count). The molecule has 1 nitrogen and oxygen atoms in total. The Bertz CT molecular complexity index is 618. The minimum Gasteiger partial charge on any atom is -0.494 e. The summed E-state index contributed by atoms with van der Waals surface area (Å²) in [6.07, 6.45) is 9.72. The van der Waals surface area contributed by atoms with Gasteiger partial charge in [-0.3, -0.25) is 0 Å². The van der Waals surface area contributed by atoms with Crippen molar-refractivity contribution in [2.75, 3.05) is 7.11 Å². The fourth-order valence-electron chi connectivity index (χ4n) is 2.38. The molecular weight excluding hydrogens is 330 g/mol. The van der Waals surface area contributed by atoms with Crippen LogP contribution in [0.5, 0.6) is 0 Å². The maximum atomic E-state index is 14.1. The zero-order chi connectivity index (χ0) is 20.3. The zero-order valence-corrected chi connectivity index (χ0v) is 17.2. The van der Waals surface area contributed by atoms with Crippen molar-refractivity contribution in [1.29, 1.82) is 0 Å². The molecule has 0 heterocycles. The van der Waals surface area contributed by atoms with Gasteiger partial charge in [0, 0.05) is 5.57 Å². The second kappa shape index (κ2) is 12.5. The second-order valence-corrected chi connectivity index (χ2v) is 6.25. The highest BCUT2D eigenvalue weighted by Gasteiger charge is 2.18. The molecule has 0 bridgehead atoms. The lowest BCUT2D eigenvalue weighted by Crippen LogP contribution is -2.00. The van der Waals surface area contributed by atoms with E-state index >= 15 is 0 Å². The molecule has 0 amide bonds. The Labute approximate surface area is 158 Å². The lowest BCUT2D eigenvalue weighted by atomic mass is 9.89. The summed E-state index contributed by atoms with van der Waals surface area (Å²) in [5, 5.41) is 0. The van der Waals surface area contributed by atoms with Crippen LogP contribution in [0.25, 0.3) is 0 Å². The van der Waals surface area contributed by atoms with Crippen LogP contribution in [0.1, 0.15) is 60.3 Å². The molecule has 0 N–H and O–H groups in total. The Balaban J connectivity index is 0.00000301. The van der Waals surface area contributed by atoms with E-state index in [1.165, 1.54) is 18.3 Å². The average molecular weight is 365 g/mol. The monoisotopic (exact) mass is 364 g/mol. The summed E-state index contributed by atoms with van der Waals surface area (Å²) >= 11 is 0. The van der Waals surface area contributed by atoms with Gasteiger partial charge < -0.3 is 4.74 Å². The number of halogens is 2. The number of rotatable bonds is 8. The SMILES string of the molecule is C=C(OC)/C(F)=C(/F)C(=C)C1=CC=C(/C(C)=C/CC(C)CC)CC1.CC. The highest BCUT2D eigenvalue weighted by molar-refractivity contribution is 5.50. The first kappa shape index (κ1) is 24.1. The first-order valence-corrected chi connectivity index (χ1v) is 9.36. The van der Waals surface area contributed by atoms with Gasteiger partial charge in [-0.15, -0.1) is 0 Å². The molecular formula is C23H34F2O. The fourth-order valence-corrected chi connectivity index (χ4v) is 2.38. The molecule has 1 atom stereocenters. The van der Waals surface area contributed by atoms with E-state index in [1.54, 1.807) is 0 Å². The van der Waals surface area contributed by atoms with Crippen LogP contribution in [0.2, 0.25) is 0 Å². The van der Waals surface area contributed by atoms with Crippen molar-refractivity contribution in [2.24, 2.45) is 5.92 Å². The smallest absolute Gasteiger partial charge is 0.200 e. The summed E-state index contributed by atoms with van der Waals surface area (Å²) < 4.78 is 32.5. The first-order chi connectivity index (χ1) is 12.3. The number of ether oxygens (including phenoxy) is 1. The van der Waals surface area contributed by atoms with E-state index in [0.717, 1.165) is 19.3 Å². The van der Waals surface area contributed by atoms with Gasteiger partial charge in [0.15, 0.2) is 5.83 Å². The predicted molar refractivity (Wildman–Crippen MR) is 109 cm³/mol. The van der Waals surface area contributed by atoms with E-state index in [4.69, 9.17) is 0 Å². The lowest BCUT2D eigenvalue weighted by molar-refractivity contribution is 0.281. The lowest BCUT2D eigenvalue weighted by Gasteiger charge is -2.17. The number of hydrogen-bond acceptors (Lipinski definition) is 1. The minimum absolute atomic E-state index is 0.0576. The third-order valence-electron chi connectivity index (χ3n) is 4.52. The molecule has 146 valence electrons. The summed E-state index contributed by atoms with van der Waals surface area (Å²) in [5.41, 5.74) is 3.25. The molecule has 1 aliphatic carbocycles. The Morgan fingerprint density at radius 1 is 1.15 bits per heavy atom. The van der Waals surface area contributed by atoms with E-state index in [1.807, 2.05) is 26.0 Å². The molecule has 1 aliphatic rings. The molecule has 1 unspecified atom stereocenters. The minimum atomic E-state index is -1.09. The van der Waals surface area contributed by atoms with Gasteiger partial charge in [-0.1, -0.05) is 71.1 Å². The van der Waals surface area contributed by atoms with Gasteiger partial charge in [0.05, 0.1) is 7.11 Å². The number of allylic oxidation sites excluding steroid dienone is 9. The van der Waals surface area contributed by atoms with E-state index in [9.17, 15) is 8.78 Å². The molecule has 0 saturated carbocycles. The Hall–Kier alpha value is -1.90. The van der Waals surface area contributed by atoms with Crippen LogP contribution in [0.3, 0.4) is 0 Å². The number of methoxy groups -OCH3 is 1. The largest absolute Gasteiger partial charge is 0.494 e. The summed E-state index contributed by atoms with van der Waals surface area (Å²) in [4.78, 5) is 0. The van der Waals surface area contributed by atoms with Crippen LogP contribution >= 0.6 is 0 Å². The fraction of sp³-hybridized carbons (Fsp3) is 0.478. The summed E-state index contributed by atoms with van der Waals surface area (Å²) in [7, 11) is 1.25. The third kappa shape index (κ3) is 7.15. The van der Waals surface area contributed by atoms with Crippen LogP contribution in [0.15, 0.2) is 71.1 Å². The molecule has 0 aromatic carbocycles. The van der Waals surface area contributed by atoms with Crippen LogP contribution in [0, 0.1) is 5.92 Å². The Morgan fingerprint density at radius 2 is 1.69 bits per heavy atom. The molecule has 0 aliphatic heterocycles. The van der Waals surface area contributed by atoms with Gasteiger partial charge in [0.25, 0.3) is 0 Å². The Morgan fingerprint density at radius 3 is 2.15 bits per heavy atom. The van der Waals surface area contributed by atoms with Crippen molar-refractivity contribution in [3.05, 3.63) is 71.1 Å². The zero-order valence-electron chi connectivity index (χ0n) is 17.2. The molecule has 0 aromatic rings. The van der Waals surface area contributed by atoms with E-state index < -0.39 is 11.7 Å². The van der Waals surface area contributed by atoms with Gasteiger partial charge in [-0.25, -0.2) is 4.39 Å². The van der Waals surface area contributed by atoms with Crippen molar-refractivity contribution in [1.82, 2.24) is 0 Å². The topological polar surface area (TPSA) is 9.23 Å². The maximum Gasteiger partial charge on any atom is 0.200 e. The highest BCUT2D eigenvalue weighted by Crippen LogP contribution is 2.33. The summed E-state index contributed by atoms with van der Waals surface area (Å²) in [6.45, 7) is 17.5. The van der Waals surface area contributed by atoms with Crippen molar-refractivity contribution in [3.8, 4) is 0 Å². The van der Waals surface area contributed by atoms with E-state index in [-0.39, 0.29) is 11.3 Å². The van der Waals surface area contributed by atoms with Crippen molar-refractivity contribution in [2.45, 2.75) is 60.3 Å². The molecule has 0 saturated heterocycles. The normalized spacial score (nSPS) is 16.4. The van der Waals surface area contributed by atoms with E-state index in [2.05, 4.69) is 44.7 Å². The predicted octanol–water partition coefficient (Wildman–Crippen LogP) is 7.91. The van der Waals surface area contributed by atoms with Gasteiger partial charge >= 0.3 is 0 Å². The second-order valence-electron chi connectivity index (χ2n) is 6.25. The van der Waals surface area contributed by atoms with Gasteiger partial charge in [-0.05, 0) is 43.3 Å². The van der Waals surface area contributed by atoms with Gasteiger partial charge in [-0.2, -0.15) is 4.39 Å². The Kier molecular flexibility index (Phi) is 11.5. The van der Waals surface area contributed by atoms with Gasteiger partial charge in [0.1, 0.15) is 5.76 Å². The van der Waals surface area contributed by atoms with Crippen LogP contribution in [-0.4, -0.2) is 7.11 Å². The van der Waals surface area contributed by atoms with Crippen molar-refractivity contribution in [3.63, 3.8) is 0 Å². The van der Waals surface area contributed by atoms with Crippen molar-refractivity contribution < 1.29 is 13.5 Å². The van der Waals surface area contributed by atoms with Crippen molar-refractivity contribution >= 4 is 0 Å². The molecule has 0 aromatic heterocycles. The molecule has 0 radical (unpaired) electrons.